The molecule has 1 saturated heterocycles. The van der Waals surface area contributed by atoms with Gasteiger partial charge in [0.1, 0.15) is 0 Å². The number of carboxylic acid groups (broad SMARTS) is 1. The molecule has 1 aromatic carbocycles. The SMILES string of the molecule is CCc1ccccc1N1CC(C(=O)NCCc2nc(C(=O)O)cs2)CC1=O. The minimum absolute atomic E-state index is 0.0212. The Kier molecular flexibility index (Phi) is 5.85. The number of benzene rings is 1. The lowest BCUT2D eigenvalue weighted by Crippen LogP contribution is -2.34. The quantitative estimate of drug-likeness (QED) is 0.758. The number of aryl methyl sites for hydroxylation is 1. The molecule has 0 saturated carbocycles. The molecule has 0 spiro atoms. The Morgan fingerprint density at radius 2 is 2.15 bits per heavy atom. The van der Waals surface area contributed by atoms with Crippen LogP contribution in [-0.2, 0) is 22.4 Å². The summed E-state index contributed by atoms with van der Waals surface area (Å²) in [5.74, 6) is -1.64. The molecule has 7 nitrogen and oxygen atoms in total. The number of hydrogen-bond acceptors (Lipinski definition) is 5. The van der Waals surface area contributed by atoms with Crippen molar-refractivity contribution >= 4 is 34.8 Å². The zero-order chi connectivity index (χ0) is 19.4. The van der Waals surface area contributed by atoms with E-state index in [0.29, 0.717) is 24.5 Å². The normalized spacial score (nSPS) is 16.6. The van der Waals surface area contributed by atoms with Crippen LogP contribution in [0.3, 0.4) is 0 Å². The average molecular weight is 387 g/mol. The number of anilines is 1. The highest BCUT2D eigenvalue weighted by molar-refractivity contribution is 7.09. The average Bonchev–Trinajstić information content (AvgIpc) is 3.28. The summed E-state index contributed by atoms with van der Waals surface area (Å²) < 4.78 is 0. The van der Waals surface area contributed by atoms with Gasteiger partial charge in [-0.25, -0.2) is 9.78 Å². The van der Waals surface area contributed by atoms with Crippen LogP contribution in [-0.4, -0.2) is 41.0 Å². The molecule has 0 bridgehead atoms. The van der Waals surface area contributed by atoms with Crippen molar-refractivity contribution in [3.05, 3.63) is 45.9 Å². The first-order chi connectivity index (χ1) is 13.0. The van der Waals surface area contributed by atoms with Crippen molar-refractivity contribution in [2.45, 2.75) is 26.2 Å². The number of nitrogens with zero attached hydrogens (tertiary/aromatic N) is 2. The molecule has 1 atom stereocenters. The second-order valence-corrected chi connectivity index (χ2v) is 7.30. The maximum absolute atomic E-state index is 12.4. The minimum Gasteiger partial charge on any atom is -0.476 e. The number of rotatable bonds is 7. The number of nitrogens with one attached hydrogen (secondary N) is 1. The summed E-state index contributed by atoms with van der Waals surface area (Å²) in [5.41, 5.74) is 1.99. The summed E-state index contributed by atoms with van der Waals surface area (Å²) in [6, 6.07) is 7.75. The molecule has 1 aliphatic rings. The highest BCUT2D eigenvalue weighted by Crippen LogP contribution is 2.28. The lowest BCUT2D eigenvalue weighted by atomic mass is 10.1. The van der Waals surface area contributed by atoms with Gasteiger partial charge >= 0.3 is 5.97 Å². The van der Waals surface area contributed by atoms with Crippen LogP contribution in [0.1, 0.15) is 34.4 Å². The monoisotopic (exact) mass is 387 g/mol. The second kappa shape index (κ2) is 8.30. The molecular formula is C19H21N3O4S. The third-order valence-corrected chi connectivity index (χ3v) is 5.48. The summed E-state index contributed by atoms with van der Waals surface area (Å²) in [7, 11) is 0. The number of carbonyl (C=O) groups excluding carboxylic acids is 2. The fraction of sp³-hybridized carbons (Fsp3) is 0.368. The van der Waals surface area contributed by atoms with Crippen LogP contribution in [0.5, 0.6) is 0 Å². The van der Waals surface area contributed by atoms with Crippen molar-refractivity contribution in [3.63, 3.8) is 0 Å². The summed E-state index contributed by atoms with van der Waals surface area (Å²) in [6.07, 6.45) is 1.49. The smallest absolute Gasteiger partial charge is 0.355 e. The Hall–Kier alpha value is -2.74. The van der Waals surface area contributed by atoms with Gasteiger partial charge in [-0.3, -0.25) is 9.59 Å². The molecule has 2 heterocycles. The molecule has 3 rings (SSSR count). The van der Waals surface area contributed by atoms with Crippen molar-refractivity contribution in [1.29, 1.82) is 0 Å². The zero-order valence-corrected chi connectivity index (χ0v) is 15.8. The van der Waals surface area contributed by atoms with Crippen LogP contribution in [0, 0.1) is 5.92 Å². The largest absolute Gasteiger partial charge is 0.476 e. The number of aromatic carboxylic acids is 1. The molecule has 2 amide bonds. The third kappa shape index (κ3) is 4.33. The van der Waals surface area contributed by atoms with Crippen molar-refractivity contribution in [3.8, 4) is 0 Å². The molecule has 27 heavy (non-hydrogen) atoms. The van der Waals surface area contributed by atoms with Crippen molar-refractivity contribution in [2.75, 3.05) is 18.0 Å². The molecular weight excluding hydrogens is 366 g/mol. The van der Waals surface area contributed by atoms with E-state index in [1.165, 1.54) is 16.7 Å². The van der Waals surface area contributed by atoms with Gasteiger partial charge < -0.3 is 15.3 Å². The third-order valence-electron chi connectivity index (χ3n) is 4.57. The molecule has 0 aliphatic carbocycles. The van der Waals surface area contributed by atoms with Crippen LogP contribution >= 0.6 is 11.3 Å². The Morgan fingerprint density at radius 3 is 2.85 bits per heavy atom. The van der Waals surface area contributed by atoms with E-state index in [2.05, 4.69) is 10.3 Å². The molecule has 2 aromatic rings. The predicted octanol–water partition coefficient (Wildman–Crippen LogP) is 2.12. The van der Waals surface area contributed by atoms with Gasteiger partial charge in [0.15, 0.2) is 5.69 Å². The van der Waals surface area contributed by atoms with Gasteiger partial charge in [0, 0.05) is 37.0 Å². The van der Waals surface area contributed by atoms with Gasteiger partial charge in [0.2, 0.25) is 11.8 Å². The maximum Gasteiger partial charge on any atom is 0.355 e. The van der Waals surface area contributed by atoms with Crippen LogP contribution in [0.2, 0.25) is 0 Å². The van der Waals surface area contributed by atoms with Gasteiger partial charge in [-0.15, -0.1) is 11.3 Å². The van der Waals surface area contributed by atoms with Crippen LogP contribution in [0.15, 0.2) is 29.6 Å². The van der Waals surface area contributed by atoms with Crippen LogP contribution in [0.4, 0.5) is 5.69 Å². The minimum atomic E-state index is -1.06. The molecule has 1 aliphatic heterocycles. The number of carbonyl (C=O) groups is 3. The number of hydrogen-bond donors (Lipinski definition) is 2. The number of para-hydroxylation sites is 1. The standard InChI is InChI=1S/C19H21N3O4S/c1-2-12-5-3-4-6-15(12)22-10-13(9-17(22)23)18(24)20-8-7-16-21-14(11-27-16)19(25)26/h3-6,11,13H,2,7-10H2,1H3,(H,20,24)(H,25,26). The molecule has 1 fully saturated rings. The highest BCUT2D eigenvalue weighted by Gasteiger charge is 2.35. The van der Waals surface area contributed by atoms with Gasteiger partial charge in [-0.2, -0.15) is 0 Å². The van der Waals surface area contributed by atoms with Gasteiger partial charge in [0.05, 0.1) is 10.9 Å². The first-order valence-corrected chi connectivity index (χ1v) is 9.71. The van der Waals surface area contributed by atoms with Crippen LogP contribution < -0.4 is 10.2 Å². The maximum atomic E-state index is 12.4. The number of carboxylic acids is 1. The number of thiazole rings is 1. The van der Waals surface area contributed by atoms with E-state index in [9.17, 15) is 14.4 Å². The van der Waals surface area contributed by atoms with Gasteiger partial charge in [-0.1, -0.05) is 25.1 Å². The molecule has 142 valence electrons. The van der Waals surface area contributed by atoms with Crippen molar-refractivity contribution in [2.24, 2.45) is 5.92 Å². The van der Waals surface area contributed by atoms with E-state index in [1.54, 1.807) is 4.90 Å². The van der Waals surface area contributed by atoms with E-state index in [4.69, 9.17) is 5.11 Å². The van der Waals surface area contributed by atoms with E-state index in [0.717, 1.165) is 17.7 Å². The first kappa shape index (κ1) is 19.0. The molecule has 8 heteroatoms. The van der Waals surface area contributed by atoms with E-state index >= 15 is 0 Å². The second-order valence-electron chi connectivity index (χ2n) is 6.36. The lowest BCUT2D eigenvalue weighted by Gasteiger charge is -2.19. The zero-order valence-electron chi connectivity index (χ0n) is 15.0. The van der Waals surface area contributed by atoms with E-state index < -0.39 is 5.97 Å². The Bertz CT molecular complexity index is 864. The topological polar surface area (TPSA) is 99.6 Å². The summed E-state index contributed by atoms with van der Waals surface area (Å²) in [4.78, 5) is 41.3. The van der Waals surface area contributed by atoms with Gasteiger partial charge in [-0.05, 0) is 18.1 Å². The van der Waals surface area contributed by atoms with Crippen LogP contribution in [0.25, 0.3) is 0 Å². The summed E-state index contributed by atoms with van der Waals surface area (Å²) in [5, 5.41) is 13.9. The summed E-state index contributed by atoms with van der Waals surface area (Å²) in [6.45, 7) is 2.78. The lowest BCUT2D eigenvalue weighted by molar-refractivity contribution is -0.126. The van der Waals surface area contributed by atoms with Crippen molar-refractivity contribution < 1.29 is 19.5 Å². The van der Waals surface area contributed by atoms with E-state index in [-0.39, 0.29) is 29.8 Å². The number of amides is 2. The Balaban J connectivity index is 1.55. The first-order valence-electron chi connectivity index (χ1n) is 8.83. The Labute approximate surface area is 161 Å². The van der Waals surface area contributed by atoms with Gasteiger partial charge in [0.25, 0.3) is 0 Å². The Morgan fingerprint density at radius 1 is 1.37 bits per heavy atom. The summed E-state index contributed by atoms with van der Waals surface area (Å²) >= 11 is 1.26. The fourth-order valence-corrected chi connectivity index (χ4v) is 3.92. The van der Waals surface area contributed by atoms with E-state index in [1.807, 2.05) is 31.2 Å². The molecule has 0 radical (unpaired) electrons. The molecule has 1 unspecified atom stereocenters. The highest BCUT2D eigenvalue weighted by atomic mass is 32.1. The molecule has 2 N–H and O–H groups in total. The number of aromatic nitrogens is 1. The predicted molar refractivity (Wildman–Crippen MR) is 102 cm³/mol. The van der Waals surface area contributed by atoms with Crippen molar-refractivity contribution in [1.82, 2.24) is 10.3 Å². The fourth-order valence-electron chi connectivity index (χ4n) is 3.15. The molecule has 1 aromatic heterocycles.